The fourth-order valence-corrected chi connectivity index (χ4v) is 4.17. The minimum atomic E-state index is 0.334. The second-order valence-electron chi connectivity index (χ2n) is 5.47. The van der Waals surface area contributed by atoms with Crippen molar-refractivity contribution in [2.45, 2.75) is 33.6 Å². The zero-order valence-electron chi connectivity index (χ0n) is 11.0. The molecule has 0 saturated carbocycles. The Morgan fingerprint density at radius 1 is 1.12 bits per heavy atom. The van der Waals surface area contributed by atoms with Crippen LogP contribution in [0.4, 0.5) is 0 Å². The van der Waals surface area contributed by atoms with Crippen LogP contribution in [-0.4, -0.2) is 10.7 Å². The van der Waals surface area contributed by atoms with Crippen molar-refractivity contribution in [2.75, 3.05) is 10.7 Å². The van der Waals surface area contributed by atoms with Gasteiger partial charge in [-0.05, 0) is 42.2 Å². The van der Waals surface area contributed by atoms with Crippen molar-refractivity contribution in [3.05, 3.63) is 35.4 Å². The standard InChI is InChI=1S/C15H22Br2/c1-12(2)8-15(10-16,11-17)9-14-7-5-4-6-13(14)3/h4-7,12H,8-11H2,1-3H3. The van der Waals surface area contributed by atoms with Crippen LogP contribution in [0.15, 0.2) is 24.3 Å². The van der Waals surface area contributed by atoms with Crippen LogP contribution in [-0.2, 0) is 6.42 Å². The Hall–Kier alpha value is 0.180. The minimum Gasteiger partial charge on any atom is -0.0922 e. The van der Waals surface area contributed by atoms with Gasteiger partial charge in [-0.25, -0.2) is 0 Å². The van der Waals surface area contributed by atoms with E-state index in [4.69, 9.17) is 0 Å². The Balaban J connectivity index is 2.90. The predicted octanol–water partition coefficient (Wildman–Crippen LogP) is 5.36. The Bertz CT molecular complexity index is 341. The summed E-state index contributed by atoms with van der Waals surface area (Å²) in [6.07, 6.45) is 2.40. The molecule has 0 aliphatic heterocycles. The van der Waals surface area contributed by atoms with E-state index in [-0.39, 0.29) is 0 Å². The Kier molecular flexibility index (Phi) is 6.22. The summed E-state index contributed by atoms with van der Waals surface area (Å²) in [7, 11) is 0. The van der Waals surface area contributed by atoms with Crippen LogP contribution in [0.1, 0.15) is 31.4 Å². The molecule has 1 aromatic rings. The second-order valence-corrected chi connectivity index (χ2v) is 6.59. The number of rotatable bonds is 6. The highest BCUT2D eigenvalue weighted by Crippen LogP contribution is 2.35. The molecular formula is C15H22Br2. The van der Waals surface area contributed by atoms with Gasteiger partial charge in [0.1, 0.15) is 0 Å². The monoisotopic (exact) mass is 360 g/mol. The average molecular weight is 362 g/mol. The van der Waals surface area contributed by atoms with E-state index in [1.165, 1.54) is 17.5 Å². The van der Waals surface area contributed by atoms with Gasteiger partial charge in [-0.3, -0.25) is 0 Å². The molecule has 0 aliphatic carbocycles. The lowest BCUT2D eigenvalue weighted by Gasteiger charge is -2.32. The van der Waals surface area contributed by atoms with Crippen LogP contribution in [0.3, 0.4) is 0 Å². The highest BCUT2D eigenvalue weighted by Gasteiger charge is 2.29. The van der Waals surface area contributed by atoms with Gasteiger partial charge >= 0.3 is 0 Å². The van der Waals surface area contributed by atoms with Gasteiger partial charge in [0.15, 0.2) is 0 Å². The molecule has 0 aliphatic rings. The molecule has 0 radical (unpaired) electrons. The number of halogens is 2. The van der Waals surface area contributed by atoms with Gasteiger partial charge in [0.2, 0.25) is 0 Å². The molecule has 0 unspecified atom stereocenters. The van der Waals surface area contributed by atoms with Crippen LogP contribution in [0.5, 0.6) is 0 Å². The zero-order valence-corrected chi connectivity index (χ0v) is 14.1. The summed E-state index contributed by atoms with van der Waals surface area (Å²) in [5, 5.41) is 2.11. The fourth-order valence-electron chi connectivity index (χ4n) is 2.39. The number of alkyl halides is 2. The lowest BCUT2D eigenvalue weighted by molar-refractivity contribution is 0.304. The van der Waals surface area contributed by atoms with E-state index < -0.39 is 0 Å². The Morgan fingerprint density at radius 2 is 1.71 bits per heavy atom. The summed E-state index contributed by atoms with van der Waals surface area (Å²) in [6, 6.07) is 8.73. The maximum absolute atomic E-state index is 3.71. The fraction of sp³-hybridized carbons (Fsp3) is 0.600. The molecule has 0 bridgehead atoms. The predicted molar refractivity (Wildman–Crippen MR) is 84.4 cm³/mol. The molecule has 0 heterocycles. The third-order valence-electron chi connectivity index (χ3n) is 3.23. The van der Waals surface area contributed by atoms with Crippen molar-refractivity contribution in [3.8, 4) is 0 Å². The van der Waals surface area contributed by atoms with Crippen molar-refractivity contribution in [1.29, 1.82) is 0 Å². The highest BCUT2D eigenvalue weighted by atomic mass is 79.9. The highest BCUT2D eigenvalue weighted by molar-refractivity contribution is 9.09. The number of benzene rings is 1. The van der Waals surface area contributed by atoms with E-state index in [1.807, 2.05) is 0 Å². The third-order valence-corrected chi connectivity index (χ3v) is 5.61. The summed E-state index contributed by atoms with van der Waals surface area (Å²) >= 11 is 7.43. The first-order chi connectivity index (χ1) is 8.03. The summed E-state index contributed by atoms with van der Waals surface area (Å²) in [4.78, 5) is 0. The van der Waals surface area contributed by atoms with Crippen molar-refractivity contribution in [3.63, 3.8) is 0 Å². The maximum atomic E-state index is 3.71. The normalized spacial score (nSPS) is 12.1. The summed E-state index contributed by atoms with van der Waals surface area (Å²) in [5.41, 5.74) is 3.22. The first-order valence-electron chi connectivity index (χ1n) is 6.19. The zero-order chi connectivity index (χ0) is 12.9. The lowest BCUT2D eigenvalue weighted by atomic mass is 9.78. The smallest absolute Gasteiger partial charge is 0.00992 e. The second kappa shape index (κ2) is 6.94. The largest absolute Gasteiger partial charge is 0.0922 e. The molecule has 0 nitrogen and oxygen atoms in total. The first-order valence-corrected chi connectivity index (χ1v) is 8.44. The SMILES string of the molecule is Cc1ccccc1CC(CBr)(CBr)CC(C)C. The van der Waals surface area contributed by atoms with Crippen LogP contribution in [0, 0.1) is 18.3 Å². The number of hydrogen-bond donors (Lipinski definition) is 0. The van der Waals surface area contributed by atoms with Gasteiger partial charge in [0.05, 0.1) is 0 Å². The summed E-state index contributed by atoms with van der Waals surface area (Å²) < 4.78 is 0. The van der Waals surface area contributed by atoms with Gasteiger partial charge in [0.25, 0.3) is 0 Å². The van der Waals surface area contributed by atoms with E-state index >= 15 is 0 Å². The number of hydrogen-bond acceptors (Lipinski definition) is 0. The average Bonchev–Trinajstić information content (AvgIpc) is 2.30. The van der Waals surface area contributed by atoms with Crippen LogP contribution in [0.2, 0.25) is 0 Å². The van der Waals surface area contributed by atoms with Gasteiger partial charge in [0, 0.05) is 10.7 Å². The van der Waals surface area contributed by atoms with Gasteiger partial charge in [-0.1, -0.05) is 70.0 Å². The molecule has 17 heavy (non-hydrogen) atoms. The Morgan fingerprint density at radius 3 is 2.18 bits per heavy atom. The Labute approximate surface area is 122 Å². The molecular weight excluding hydrogens is 340 g/mol. The molecule has 1 aromatic carbocycles. The molecule has 0 aromatic heterocycles. The van der Waals surface area contributed by atoms with Crippen molar-refractivity contribution in [2.24, 2.45) is 11.3 Å². The molecule has 1 rings (SSSR count). The molecule has 0 spiro atoms. The van der Waals surface area contributed by atoms with E-state index in [1.54, 1.807) is 0 Å². The van der Waals surface area contributed by atoms with Crippen LogP contribution < -0.4 is 0 Å². The maximum Gasteiger partial charge on any atom is 0.00992 e. The van der Waals surface area contributed by atoms with E-state index in [9.17, 15) is 0 Å². The quantitative estimate of drug-likeness (QED) is 0.598. The molecule has 0 fully saturated rings. The van der Waals surface area contributed by atoms with Crippen LogP contribution >= 0.6 is 31.9 Å². The molecule has 0 atom stereocenters. The van der Waals surface area contributed by atoms with E-state index in [2.05, 4.69) is 76.9 Å². The van der Waals surface area contributed by atoms with Crippen molar-refractivity contribution in [1.82, 2.24) is 0 Å². The van der Waals surface area contributed by atoms with E-state index in [0.29, 0.717) is 5.41 Å². The lowest BCUT2D eigenvalue weighted by Crippen LogP contribution is -2.29. The van der Waals surface area contributed by atoms with E-state index in [0.717, 1.165) is 23.0 Å². The van der Waals surface area contributed by atoms with Crippen molar-refractivity contribution >= 4 is 31.9 Å². The minimum absolute atomic E-state index is 0.334. The molecule has 96 valence electrons. The topological polar surface area (TPSA) is 0 Å². The number of aryl methyl sites for hydroxylation is 1. The van der Waals surface area contributed by atoms with Crippen molar-refractivity contribution < 1.29 is 0 Å². The third kappa shape index (κ3) is 4.40. The molecule has 0 amide bonds. The first kappa shape index (κ1) is 15.2. The summed E-state index contributed by atoms with van der Waals surface area (Å²) in [5.74, 6) is 0.731. The molecule has 2 heteroatoms. The molecule has 0 saturated heterocycles. The molecule has 0 N–H and O–H groups in total. The van der Waals surface area contributed by atoms with Crippen LogP contribution in [0.25, 0.3) is 0 Å². The summed E-state index contributed by atoms with van der Waals surface area (Å²) in [6.45, 7) is 6.81. The van der Waals surface area contributed by atoms with Gasteiger partial charge in [-0.2, -0.15) is 0 Å². The van der Waals surface area contributed by atoms with Gasteiger partial charge < -0.3 is 0 Å². The van der Waals surface area contributed by atoms with Gasteiger partial charge in [-0.15, -0.1) is 0 Å².